The molecule has 0 bridgehead atoms. The average molecular weight is 87.0 g/mol. The van der Waals surface area contributed by atoms with Gasteiger partial charge in [0.15, 0.2) is 0 Å². The predicted octanol–water partition coefficient (Wildman–Crippen LogP) is -0.392. The summed E-state index contributed by atoms with van der Waals surface area (Å²) in [4.78, 5) is 17.2. The number of nitro groups is 1. The van der Waals surface area contributed by atoms with E-state index in [0.717, 1.165) is 5.94 Å². The Balaban J connectivity index is 3.60. The first-order chi connectivity index (χ1) is 2.77. The smallest absolute Gasteiger partial charge is 0.258 e. The van der Waals surface area contributed by atoms with Crippen LogP contribution < -0.4 is 0 Å². The van der Waals surface area contributed by atoms with Crippen molar-refractivity contribution in [2.75, 3.05) is 0 Å². The average Bonchev–Trinajstić information content (AvgIpc) is 1.35. The van der Waals surface area contributed by atoms with Crippen molar-refractivity contribution in [1.82, 2.24) is 0 Å². The second-order valence-corrected chi connectivity index (χ2v) is 0.532. The number of nitrogens with zero attached hydrogens (tertiary/aromatic N) is 1. The Morgan fingerprint density at radius 1 is 1.83 bits per heavy atom. The summed E-state index contributed by atoms with van der Waals surface area (Å²) in [5, 5.41) is 9.09. The van der Waals surface area contributed by atoms with Crippen LogP contribution in [0.5, 0.6) is 0 Å². The molecule has 0 aromatic carbocycles. The minimum Gasteiger partial charge on any atom is -0.258 e. The summed E-state index contributed by atoms with van der Waals surface area (Å²) >= 11 is 0. The number of hydrogen-bond donors (Lipinski definition) is 0. The van der Waals surface area contributed by atoms with Gasteiger partial charge in [-0.2, -0.15) is 0 Å². The quantitative estimate of drug-likeness (QED) is 0.248. The number of carbonyl (C=O) groups excluding carboxylic acids is 1. The lowest BCUT2D eigenvalue weighted by molar-refractivity contribution is -0.400. The van der Waals surface area contributed by atoms with E-state index in [1.165, 1.54) is 0 Å². The normalized spacial score (nSPS) is 6.00. The highest BCUT2D eigenvalue weighted by Crippen LogP contribution is 1.57. The summed E-state index contributed by atoms with van der Waals surface area (Å²) in [6, 6.07) is 0. The van der Waals surface area contributed by atoms with E-state index in [4.69, 9.17) is 14.9 Å². The molecule has 0 rings (SSSR count). The number of rotatable bonds is 1. The number of hydrogen-bond acceptors (Lipinski definition) is 3. The molecule has 0 aromatic rings. The van der Waals surface area contributed by atoms with Gasteiger partial charge in [-0.25, -0.2) is 4.79 Å². The van der Waals surface area contributed by atoms with Gasteiger partial charge in [-0.15, -0.1) is 0 Å². The highest BCUT2D eigenvalue weighted by atomic mass is 16.6. The molecule has 0 radical (unpaired) electrons. The van der Waals surface area contributed by atoms with Crippen LogP contribution in [0, 0.1) is 10.1 Å². The lowest BCUT2D eigenvalue weighted by atomic mass is 11.1. The lowest BCUT2D eigenvalue weighted by Gasteiger charge is -1.64. The molecule has 0 N–H and O–H groups in total. The predicted molar refractivity (Wildman–Crippen MR) is 17.3 cm³/mol. The molecule has 0 fully saturated rings. The van der Waals surface area contributed by atoms with E-state index in [1.807, 2.05) is 0 Å². The van der Waals surface area contributed by atoms with Crippen LogP contribution in [0.15, 0.2) is 6.20 Å². The summed E-state index contributed by atoms with van der Waals surface area (Å²) in [7, 11) is 0. The molecule has 0 aliphatic rings. The largest absolute Gasteiger partial charge is 0.316 e. The highest BCUT2D eigenvalue weighted by molar-refractivity contribution is 5.41. The Morgan fingerprint density at radius 3 is 2.33 bits per heavy atom. The van der Waals surface area contributed by atoms with Crippen molar-refractivity contribution >= 4 is 5.94 Å². The molecule has 0 heterocycles. The second kappa shape index (κ2) is 2.11. The summed E-state index contributed by atoms with van der Waals surface area (Å²) in [6.07, 6.45) is 0.208. The summed E-state index contributed by atoms with van der Waals surface area (Å²) < 4.78 is 0. The fourth-order valence-electron chi connectivity index (χ4n) is 0.0430. The van der Waals surface area contributed by atoms with Crippen LogP contribution in [-0.4, -0.2) is 10.9 Å². The van der Waals surface area contributed by atoms with Gasteiger partial charge < -0.3 is 0 Å². The van der Waals surface area contributed by atoms with Gasteiger partial charge in [0.05, 0.1) is 4.92 Å². The maximum atomic E-state index is 9.09. The van der Waals surface area contributed by atoms with Crippen LogP contribution in [0.2, 0.25) is 0 Å². The zero-order valence-electron chi connectivity index (χ0n) is 2.75. The van der Waals surface area contributed by atoms with Gasteiger partial charge in [0.2, 0.25) is 5.94 Å². The van der Waals surface area contributed by atoms with Crippen LogP contribution in [0.3, 0.4) is 0 Å². The van der Waals surface area contributed by atoms with E-state index in [1.54, 1.807) is 0 Å². The molecule has 0 unspecified atom stereocenters. The molecule has 0 spiro atoms. The Hall–Kier alpha value is -1.15. The molecular formula is C2HNO3. The zero-order valence-corrected chi connectivity index (χ0v) is 2.75. The molecule has 0 amide bonds. The summed E-state index contributed by atoms with van der Waals surface area (Å²) in [6.45, 7) is 0. The Kier molecular flexibility index (Phi) is 1.71. The maximum Gasteiger partial charge on any atom is 0.316 e. The van der Waals surface area contributed by atoms with Crippen molar-refractivity contribution in [1.29, 1.82) is 0 Å². The molecule has 0 atom stereocenters. The fourth-order valence-corrected chi connectivity index (χ4v) is 0.0430. The van der Waals surface area contributed by atoms with Crippen LogP contribution in [0.25, 0.3) is 0 Å². The van der Waals surface area contributed by atoms with Crippen LogP contribution in [-0.2, 0) is 4.79 Å². The van der Waals surface area contributed by atoms with Gasteiger partial charge in [-0.3, -0.25) is 10.1 Å². The van der Waals surface area contributed by atoms with E-state index in [2.05, 4.69) is 0 Å². The van der Waals surface area contributed by atoms with E-state index < -0.39 is 4.92 Å². The highest BCUT2D eigenvalue weighted by Gasteiger charge is 1.76. The van der Waals surface area contributed by atoms with Crippen LogP contribution in [0.1, 0.15) is 0 Å². The Bertz CT molecular complexity index is 101. The third-order valence-corrected chi connectivity index (χ3v) is 0.158. The lowest BCUT2D eigenvalue weighted by Crippen LogP contribution is -1.80. The zero-order chi connectivity index (χ0) is 4.99. The standard InChI is InChI=1S/C2HNO3/c4-2-1-3(5)6/h1H. The third kappa shape index (κ3) is 2.85. The first-order valence-electron chi connectivity index (χ1n) is 1.12. The van der Waals surface area contributed by atoms with Crippen molar-refractivity contribution in [2.45, 2.75) is 0 Å². The molecule has 0 aliphatic carbocycles. The molecule has 4 heteroatoms. The molecule has 0 saturated heterocycles. The molecular weight excluding hydrogens is 86.0 g/mol. The topological polar surface area (TPSA) is 60.2 Å². The van der Waals surface area contributed by atoms with Crippen molar-refractivity contribution in [3.8, 4) is 0 Å². The molecule has 4 nitrogen and oxygen atoms in total. The minimum atomic E-state index is -0.868. The van der Waals surface area contributed by atoms with Crippen molar-refractivity contribution in [2.24, 2.45) is 0 Å². The second-order valence-electron chi connectivity index (χ2n) is 0.532. The van der Waals surface area contributed by atoms with Gasteiger partial charge in [0.1, 0.15) is 0 Å². The Labute approximate surface area is 33.2 Å². The van der Waals surface area contributed by atoms with Crippen molar-refractivity contribution in [3.63, 3.8) is 0 Å². The summed E-state index contributed by atoms with van der Waals surface area (Å²) in [5.74, 6) is 0.993. The van der Waals surface area contributed by atoms with Crippen molar-refractivity contribution < 1.29 is 9.72 Å². The third-order valence-electron chi connectivity index (χ3n) is 0.158. The molecule has 0 aromatic heterocycles. The first-order valence-corrected chi connectivity index (χ1v) is 1.12. The van der Waals surface area contributed by atoms with Gasteiger partial charge in [-0.05, 0) is 0 Å². The summed E-state index contributed by atoms with van der Waals surface area (Å²) in [5.41, 5.74) is 0. The molecule has 0 saturated carbocycles. The van der Waals surface area contributed by atoms with Crippen LogP contribution in [0.4, 0.5) is 0 Å². The van der Waals surface area contributed by atoms with Crippen molar-refractivity contribution in [3.05, 3.63) is 16.3 Å². The van der Waals surface area contributed by atoms with E-state index in [0.29, 0.717) is 0 Å². The molecule has 6 heavy (non-hydrogen) atoms. The minimum absolute atomic E-state index is 0.208. The van der Waals surface area contributed by atoms with E-state index in [-0.39, 0.29) is 6.20 Å². The molecule has 32 valence electrons. The van der Waals surface area contributed by atoms with E-state index in [9.17, 15) is 0 Å². The van der Waals surface area contributed by atoms with E-state index >= 15 is 0 Å². The fraction of sp³-hybridized carbons (Fsp3) is 0. The first kappa shape index (κ1) is 4.85. The van der Waals surface area contributed by atoms with Gasteiger partial charge in [0.25, 0.3) is 0 Å². The Morgan fingerprint density at radius 2 is 2.33 bits per heavy atom. The van der Waals surface area contributed by atoms with Crippen LogP contribution >= 0.6 is 0 Å². The van der Waals surface area contributed by atoms with Gasteiger partial charge in [-0.1, -0.05) is 0 Å². The van der Waals surface area contributed by atoms with Gasteiger partial charge >= 0.3 is 6.20 Å². The monoisotopic (exact) mass is 87.0 g/mol. The molecule has 0 aliphatic heterocycles. The van der Waals surface area contributed by atoms with Gasteiger partial charge in [0, 0.05) is 0 Å². The maximum absolute atomic E-state index is 9.09. The SMILES string of the molecule is O=C=C[N+](=O)[O-].